The molecule has 0 saturated carbocycles. The molecular weight excluding hydrogens is 298 g/mol. The Bertz CT molecular complexity index is 779. The Morgan fingerprint density at radius 3 is 2.29 bits per heavy atom. The minimum Gasteiger partial charge on any atom is -0.372 e. The monoisotopic (exact) mass is 317 g/mol. The van der Waals surface area contributed by atoms with Gasteiger partial charge in [-0.2, -0.15) is 10.5 Å². The highest BCUT2D eigenvalue weighted by Crippen LogP contribution is 2.16. The maximum Gasteiger partial charge on any atom is 0.177 e. The molecular formula is C19H19N5. The molecule has 24 heavy (non-hydrogen) atoms. The first kappa shape index (κ1) is 17.2. The summed E-state index contributed by atoms with van der Waals surface area (Å²) in [5, 5.41) is 18.0. The molecule has 5 nitrogen and oxygen atoms in total. The zero-order chi connectivity index (χ0) is 17.4. The molecule has 120 valence electrons. The standard InChI is InChI=1S/C19H19N5/c1-3-24(4-2)17-9-6-15(7-10-17)5-8-16-11-12-22-18(13-20)19(14-21)23-16/h5-10,12H,3-4,11H2,1-2H3/b8-5+. The van der Waals surface area contributed by atoms with Crippen LogP contribution in [-0.2, 0) is 0 Å². The average molecular weight is 317 g/mol. The van der Waals surface area contributed by atoms with Gasteiger partial charge in [-0.1, -0.05) is 18.2 Å². The average Bonchev–Trinajstić information content (AvgIpc) is 2.83. The van der Waals surface area contributed by atoms with Gasteiger partial charge in [-0.3, -0.25) is 0 Å². The largest absolute Gasteiger partial charge is 0.372 e. The van der Waals surface area contributed by atoms with Gasteiger partial charge in [0.1, 0.15) is 12.1 Å². The lowest BCUT2D eigenvalue weighted by atomic mass is 10.1. The Balaban J connectivity index is 2.18. The Kier molecular flexibility index (Phi) is 6.05. The number of nitrogens with zero attached hydrogens (tertiary/aromatic N) is 5. The van der Waals surface area contributed by atoms with Gasteiger partial charge in [0.2, 0.25) is 0 Å². The molecule has 0 aliphatic carbocycles. The molecule has 1 aromatic carbocycles. The second kappa shape index (κ2) is 8.45. The molecule has 1 aliphatic rings. The zero-order valence-electron chi connectivity index (χ0n) is 13.9. The van der Waals surface area contributed by atoms with Crippen molar-refractivity contribution >= 4 is 23.7 Å². The number of aliphatic imine (C=N–C) groups is 2. The molecule has 0 atom stereocenters. The fourth-order valence-corrected chi connectivity index (χ4v) is 2.38. The maximum atomic E-state index is 9.08. The molecule has 1 aliphatic heterocycles. The number of nitriles is 2. The van der Waals surface area contributed by atoms with Crippen LogP contribution in [0.3, 0.4) is 0 Å². The first-order valence-electron chi connectivity index (χ1n) is 7.89. The Morgan fingerprint density at radius 1 is 1.04 bits per heavy atom. The summed E-state index contributed by atoms with van der Waals surface area (Å²) in [6.45, 7) is 6.23. The maximum absolute atomic E-state index is 9.08. The van der Waals surface area contributed by atoms with Crippen LogP contribution in [0.25, 0.3) is 6.08 Å². The van der Waals surface area contributed by atoms with Gasteiger partial charge in [0.05, 0.1) is 0 Å². The first-order valence-corrected chi connectivity index (χ1v) is 7.89. The molecule has 0 saturated heterocycles. The Morgan fingerprint density at radius 2 is 1.71 bits per heavy atom. The van der Waals surface area contributed by atoms with Gasteiger partial charge in [0.25, 0.3) is 0 Å². The summed E-state index contributed by atoms with van der Waals surface area (Å²) in [4.78, 5) is 10.5. The summed E-state index contributed by atoms with van der Waals surface area (Å²) in [5.41, 5.74) is 3.07. The van der Waals surface area contributed by atoms with Crippen molar-refractivity contribution in [3.05, 3.63) is 47.3 Å². The van der Waals surface area contributed by atoms with Crippen LogP contribution in [0.1, 0.15) is 25.8 Å². The molecule has 0 bridgehead atoms. The lowest BCUT2D eigenvalue weighted by molar-refractivity contribution is 0.866. The molecule has 1 aromatic rings. The van der Waals surface area contributed by atoms with Crippen LogP contribution in [0.15, 0.2) is 51.7 Å². The van der Waals surface area contributed by atoms with Crippen LogP contribution < -0.4 is 4.90 Å². The summed E-state index contributed by atoms with van der Waals surface area (Å²) in [6, 6.07) is 12.1. The number of rotatable bonds is 5. The molecule has 0 spiro atoms. The van der Waals surface area contributed by atoms with E-state index in [4.69, 9.17) is 10.5 Å². The lowest BCUT2D eigenvalue weighted by Crippen LogP contribution is -2.21. The molecule has 1 heterocycles. The van der Waals surface area contributed by atoms with Crippen LogP contribution >= 0.6 is 0 Å². The van der Waals surface area contributed by atoms with Crippen molar-refractivity contribution in [1.29, 1.82) is 10.5 Å². The van der Waals surface area contributed by atoms with E-state index in [0.29, 0.717) is 12.1 Å². The Labute approximate surface area is 142 Å². The van der Waals surface area contributed by atoms with Crippen LogP contribution in [0.2, 0.25) is 0 Å². The van der Waals surface area contributed by atoms with Gasteiger partial charge in [-0.05, 0) is 37.6 Å². The summed E-state index contributed by atoms with van der Waals surface area (Å²) < 4.78 is 0. The predicted molar refractivity (Wildman–Crippen MR) is 97.8 cm³/mol. The highest BCUT2D eigenvalue weighted by Gasteiger charge is 2.08. The third kappa shape index (κ3) is 4.18. The fraction of sp³-hybridized carbons (Fsp3) is 0.263. The molecule has 0 aromatic heterocycles. The van der Waals surface area contributed by atoms with E-state index in [1.165, 1.54) is 5.69 Å². The minimum absolute atomic E-state index is 0.0581. The van der Waals surface area contributed by atoms with Crippen molar-refractivity contribution in [2.75, 3.05) is 18.0 Å². The van der Waals surface area contributed by atoms with Crippen molar-refractivity contribution < 1.29 is 0 Å². The first-order chi connectivity index (χ1) is 11.7. The van der Waals surface area contributed by atoms with E-state index < -0.39 is 0 Å². The van der Waals surface area contributed by atoms with Gasteiger partial charge in [0.15, 0.2) is 11.4 Å². The number of hydrogen-bond acceptors (Lipinski definition) is 5. The predicted octanol–water partition coefficient (Wildman–Crippen LogP) is 3.72. The summed E-state index contributed by atoms with van der Waals surface area (Å²) in [5.74, 6) is 0. The van der Waals surface area contributed by atoms with Gasteiger partial charge in [-0.25, -0.2) is 9.98 Å². The number of anilines is 1. The van der Waals surface area contributed by atoms with Crippen LogP contribution in [0.5, 0.6) is 0 Å². The van der Waals surface area contributed by atoms with Gasteiger partial charge in [-0.15, -0.1) is 0 Å². The van der Waals surface area contributed by atoms with Crippen molar-refractivity contribution in [3.8, 4) is 12.1 Å². The van der Waals surface area contributed by atoms with E-state index in [1.807, 2.05) is 24.3 Å². The number of hydrogen-bond donors (Lipinski definition) is 0. The van der Waals surface area contributed by atoms with Crippen LogP contribution in [-0.4, -0.2) is 25.0 Å². The molecule has 0 unspecified atom stereocenters. The summed E-state index contributed by atoms with van der Waals surface area (Å²) in [6.07, 6.45) is 5.90. The molecule has 5 heteroatoms. The van der Waals surface area contributed by atoms with Crippen molar-refractivity contribution in [2.24, 2.45) is 9.98 Å². The normalized spacial score (nSPS) is 14.1. The lowest BCUT2D eigenvalue weighted by Gasteiger charge is -2.20. The molecule has 0 radical (unpaired) electrons. The van der Waals surface area contributed by atoms with Crippen molar-refractivity contribution in [2.45, 2.75) is 20.3 Å². The topological polar surface area (TPSA) is 75.5 Å². The number of allylic oxidation sites excluding steroid dienone is 3. The minimum atomic E-state index is 0.0581. The van der Waals surface area contributed by atoms with Crippen LogP contribution in [0, 0.1) is 22.7 Å². The molecule has 0 amide bonds. The molecule has 0 fully saturated rings. The van der Waals surface area contributed by atoms with E-state index >= 15 is 0 Å². The third-order valence-electron chi connectivity index (χ3n) is 3.70. The van der Waals surface area contributed by atoms with Gasteiger partial charge in [0, 0.05) is 37.1 Å². The SMILES string of the molecule is CCN(CC)c1ccc(/C=C/C2=NC(C#N)=C(C#N)N=CC2)cc1. The van der Waals surface area contributed by atoms with E-state index in [9.17, 15) is 0 Å². The summed E-state index contributed by atoms with van der Waals surface area (Å²) in [7, 11) is 0. The molecule has 0 N–H and O–H groups in total. The quantitative estimate of drug-likeness (QED) is 0.830. The summed E-state index contributed by atoms with van der Waals surface area (Å²) >= 11 is 0. The second-order valence-corrected chi connectivity index (χ2v) is 5.14. The highest BCUT2D eigenvalue weighted by atomic mass is 15.1. The smallest absolute Gasteiger partial charge is 0.177 e. The van der Waals surface area contributed by atoms with Crippen molar-refractivity contribution in [1.82, 2.24) is 0 Å². The van der Waals surface area contributed by atoms with E-state index in [-0.39, 0.29) is 11.4 Å². The molecule has 2 rings (SSSR count). The fourth-order valence-electron chi connectivity index (χ4n) is 2.38. The number of benzene rings is 1. The van der Waals surface area contributed by atoms with Crippen LogP contribution in [0.4, 0.5) is 5.69 Å². The Hall–Kier alpha value is -3.18. The highest BCUT2D eigenvalue weighted by molar-refractivity contribution is 6.06. The zero-order valence-corrected chi connectivity index (χ0v) is 13.9. The third-order valence-corrected chi connectivity index (χ3v) is 3.70. The second-order valence-electron chi connectivity index (χ2n) is 5.14. The van der Waals surface area contributed by atoms with Gasteiger partial charge < -0.3 is 4.90 Å². The van der Waals surface area contributed by atoms with E-state index in [1.54, 1.807) is 6.21 Å². The van der Waals surface area contributed by atoms with E-state index in [2.05, 4.69) is 53.0 Å². The van der Waals surface area contributed by atoms with E-state index in [0.717, 1.165) is 18.7 Å². The van der Waals surface area contributed by atoms with Crippen molar-refractivity contribution in [3.63, 3.8) is 0 Å². The van der Waals surface area contributed by atoms with Gasteiger partial charge >= 0.3 is 0 Å².